The van der Waals surface area contributed by atoms with Crippen LogP contribution < -0.4 is 4.72 Å². The van der Waals surface area contributed by atoms with Crippen molar-refractivity contribution >= 4 is 20.9 Å². The van der Waals surface area contributed by atoms with Crippen molar-refractivity contribution < 1.29 is 17.9 Å². The van der Waals surface area contributed by atoms with Crippen molar-refractivity contribution in [3.63, 3.8) is 0 Å². The summed E-state index contributed by atoms with van der Waals surface area (Å²) in [6.07, 6.45) is 0. The van der Waals surface area contributed by atoms with Gasteiger partial charge >= 0.3 is 0 Å². The highest BCUT2D eigenvalue weighted by molar-refractivity contribution is 7.89. The van der Waals surface area contributed by atoms with Gasteiger partial charge in [-0.1, -0.05) is 6.07 Å². The Morgan fingerprint density at radius 1 is 1.18 bits per heavy atom. The molecule has 0 saturated carbocycles. The predicted octanol–water partition coefficient (Wildman–Crippen LogP) is 1.56. The average Bonchev–Trinajstić information content (AvgIpc) is 2.84. The molecule has 0 spiro atoms. The van der Waals surface area contributed by atoms with Crippen LogP contribution in [0.3, 0.4) is 0 Å². The van der Waals surface area contributed by atoms with Gasteiger partial charge in [-0.05, 0) is 36.1 Å². The van der Waals surface area contributed by atoms with Gasteiger partial charge in [-0.2, -0.15) is 0 Å². The van der Waals surface area contributed by atoms with Crippen LogP contribution in [-0.2, 0) is 26.0 Å². The van der Waals surface area contributed by atoms with Gasteiger partial charge in [0.05, 0.1) is 25.6 Å². The highest BCUT2D eigenvalue weighted by Gasteiger charge is 2.10. The molecule has 0 aliphatic heterocycles. The molecule has 2 N–H and O–H groups in total. The molecule has 22 heavy (non-hydrogen) atoms. The van der Waals surface area contributed by atoms with Crippen LogP contribution in [0.4, 0.5) is 0 Å². The van der Waals surface area contributed by atoms with Crippen LogP contribution >= 0.6 is 0 Å². The summed E-state index contributed by atoms with van der Waals surface area (Å²) in [6, 6.07) is 7.89. The number of fused-ring (bicyclic) bond motifs is 1. The first-order valence-electron chi connectivity index (χ1n) is 7.12. The standard InChI is InChI=1S/C15H22N2O4S/c1-12-9-14-10-13(3-4-15(14)17-12)11-16-22(18,19)8-7-21-6-5-20-2/h3-4,9-10,16-17H,5-8,11H2,1-2H3. The van der Waals surface area contributed by atoms with E-state index >= 15 is 0 Å². The molecule has 2 aromatic rings. The Hall–Kier alpha value is -1.41. The van der Waals surface area contributed by atoms with E-state index in [0.29, 0.717) is 13.2 Å². The topological polar surface area (TPSA) is 80.4 Å². The van der Waals surface area contributed by atoms with Crippen molar-refractivity contribution in [1.29, 1.82) is 0 Å². The highest BCUT2D eigenvalue weighted by atomic mass is 32.2. The lowest BCUT2D eigenvalue weighted by atomic mass is 10.1. The first-order valence-corrected chi connectivity index (χ1v) is 8.78. The summed E-state index contributed by atoms with van der Waals surface area (Å²) in [7, 11) is -1.76. The quantitative estimate of drug-likeness (QED) is 0.685. The third-order valence-corrected chi connectivity index (χ3v) is 4.53. The summed E-state index contributed by atoms with van der Waals surface area (Å²) < 4.78 is 36.3. The molecule has 2 rings (SSSR count). The number of aryl methyl sites for hydroxylation is 1. The molecule has 0 bridgehead atoms. The number of benzene rings is 1. The van der Waals surface area contributed by atoms with E-state index in [9.17, 15) is 8.42 Å². The van der Waals surface area contributed by atoms with E-state index in [4.69, 9.17) is 9.47 Å². The summed E-state index contributed by atoms with van der Waals surface area (Å²) in [5.41, 5.74) is 3.06. The van der Waals surface area contributed by atoms with Gasteiger partial charge in [-0.3, -0.25) is 0 Å². The second-order valence-corrected chi connectivity index (χ2v) is 7.05. The number of methoxy groups -OCH3 is 1. The zero-order valence-electron chi connectivity index (χ0n) is 12.9. The number of nitrogens with one attached hydrogen (secondary N) is 2. The average molecular weight is 326 g/mol. The molecule has 1 aromatic heterocycles. The van der Waals surface area contributed by atoms with E-state index in [0.717, 1.165) is 22.2 Å². The molecule has 0 fully saturated rings. The number of aromatic amines is 1. The Morgan fingerprint density at radius 3 is 2.77 bits per heavy atom. The summed E-state index contributed by atoms with van der Waals surface area (Å²) in [4.78, 5) is 3.24. The lowest BCUT2D eigenvalue weighted by molar-refractivity contribution is 0.0784. The van der Waals surface area contributed by atoms with Gasteiger partial charge in [0.25, 0.3) is 0 Å². The summed E-state index contributed by atoms with van der Waals surface area (Å²) in [5, 5.41) is 1.08. The molecule has 6 nitrogen and oxygen atoms in total. The van der Waals surface area contributed by atoms with Crippen molar-refractivity contribution in [2.45, 2.75) is 13.5 Å². The molecule has 0 unspecified atom stereocenters. The van der Waals surface area contributed by atoms with Gasteiger partial charge in [0.2, 0.25) is 10.0 Å². The molecule has 0 amide bonds. The van der Waals surface area contributed by atoms with Gasteiger partial charge in [-0.25, -0.2) is 13.1 Å². The van der Waals surface area contributed by atoms with Gasteiger partial charge in [-0.15, -0.1) is 0 Å². The van der Waals surface area contributed by atoms with Crippen LogP contribution in [0.15, 0.2) is 24.3 Å². The molecule has 7 heteroatoms. The Kier molecular flexibility index (Phi) is 5.96. The Morgan fingerprint density at radius 2 is 2.00 bits per heavy atom. The molecule has 1 aromatic carbocycles. The smallest absolute Gasteiger partial charge is 0.214 e. The van der Waals surface area contributed by atoms with Crippen molar-refractivity contribution in [1.82, 2.24) is 9.71 Å². The van der Waals surface area contributed by atoms with E-state index in [2.05, 4.69) is 9.71 Å². The van der Waals surface area contributed by atoms with E-state index in [-0.39, 0.29) is 18.9 Å². The monoisotopic (exact) mass is 326 g/mol. The normalized spacial score (nSPS) is 12.1. The van der Waals surface area contributed by atoms with E-state index < -0.39 is 10.0 Å². The van der Waals surface area contributed by atoms with Crippen molar-refractivity contribution in [2.75, 3.05) is 32.7 Å². The number of hydrogen-bond donors (Lipinski definition) is 2. The molecule has 0 saturated heterocycles. The van der Waals surface area contributed by atoms with E-state index in [1.54, 1.807) is 7.11 Å². The molecule has 0 aliphatic carbocycles. The second kappa shape index (κ2) is 7.73. The lowest BCUT2D eigenvalue weighted by Gasteiger charge is -2.07. The molecule has 0 aliphatic rings. The van der Waals surface area contributed by atoms with Crippen LogP contribution in [0.1, 0.15) is 11.3 Å². The number of sulfonamides is 1. The second-order valence-electron chi connectivity index (χ2n) is 5.12. The zero-order valence-corrected chi connectivity index (χ0v) is 13.7. The number of hydrogen-bond acceptors (Lipinski definition) is 4. The molecule has 0 radical (unpaired) electrons. The summed E-state index contributed by atoms with van der Waals surface area (Å²) in [6.45, 7) is 3.29. The van der Waals surface area contributed by atoms with Crippen LogP contribution in [0.2, 0.25) is 0 Å². The maximum absolute atomic E-state index is 11.9. The molecule has 0 atom stereocenters. The highest BCUT2D eigenvalue weighted by Crippen LogP contribution is 2.16. The summed E-state index contributed by atoms with van der Waals surface area (Å²) >= 11 is 0. The fourth-order valence-corrected chi connectivity index (χ4v) is 2.98. The minimum Gasteiger partial charge on any atom is -0.382 e. The van der Waals surface area contributed by atoms with Gasteiger partial charge in [0.1, 0.15) is 0 Å². The molecule has 122 valence electrons. The Balaban J connectivity index is 1.84. The van der Waals surface area contributed by atoms with Crippen molar-refractivity contribution in [2.24, 2.45) is 0 Å². The minimum atomic E-state index is -3.34. The van der Waals surface area contributed by atoms with E-state index in [1.807, 2.05) is 31.2 Å². The number of ether oxygens (including phenoxy) is 2. The van der Waals surface area contributed by atoms with Gasteiger partial charge in [0, 0.05) is 24.9 Å². The maximum Gasteiger partial charge on any atom is 0.214 e. The van der Waals surface area contributed by atoms with Crippen molar-refractivity contribution in [3.05, 3.63) is 35.5 Å². The first-order chi connectivity index (χ1) is 10.5. The maximum atomic E-state index is 11.9. The molecule has 1 heterocycles. The van der Waals surface area contributed by atoms with Crippen LogP contribution in [0.5, 0.6) is 0 Å². The first kappa shape index (κ1) is 17.0. The van der Waals surface area contributed by atoms with Crippen LogP contribution in [0, 0.1) is 6.92 Å². The van der Waals surface area contributed by atoms with Crippen LogP contribution in [0.25, 0.3) is 10.9 Å². The number of H-pyrrole nitrogens is 1. The minimum absolute atomic E-state index is 0.0534. The van der Waals surface area contributed by atoms with Gasteiger partial charge < -0.3 is 14.5 Å². The lowest BCUT2D eigenvalue weighted by Crippen LogP contribution is -2.28. The van der Waals surface area contributed by atoms with E-state index in [1.165, 1.54) is 0 Å². The van der Waals surface area contributed by atoms with Gasteiger partial charge in [0.15, 0.2) is 0 Å². The third-order valence-electron chi connectivity index (χ3n) is 3.24. The SMILES string of the molecule is COCCOCCS(=O)(=O)NCc1ccc2[nH]c(C)cc2c1. The summed E-state index contributed by atoms with van der Waals surface area (Å²) in [5.74, 6) is -0.0534. The molecular weight excluding hydrogens is 304 g/mol. The Labute approximate surface area is 130 Å². The fourth-order valence-electron chi connectivity index (χ4n) is 2.12. The molecular formula is C15H22N2O4S. The fraction of sp³-hybridized carbons (Fsp3) is 0.467. The van der Waals surface area contributed by atoms with Crippen molar-refractivity contribution in [3.8, 4) is 0 Å². The Bertz CT molecular complexity index is 709. The predicted molar refractivity (Wildman–Crippen MR) is 86.4 cm³/mol. The largest absolute Gasteiger partial charge is 0.382 e. The zero-order chi connectivity index (χ0) is 16.0. The third kappa shape index (κ3) is 5.10. The van der Waals surface area contributed by atoms with Crippen LogP contribution in [-0.4, -0.2) is 46.1 Å². The number of rotatable bonds is 9. The number of aromatic nitrogens is 1.